The van der Waals surface area contributed by atoms with Gasteiger partial charge in [-0.2, -0.15) is 0 Å². The van der Waals surface area contributed by atoms with Gasteiger partial charge in [-0.15, -0.1) is 6.58 Å². The molecular formula is C17H30O. The van der Waals surface area contributed by atoms with Crippen LogP contribution in [0.3, 0.4) is 0 Å². The van der Waals surface area contributed by atoms with E-state index in [1.807, 2.05) is 6.08 Å². The van der Waals surface area contributed by atoms with E-state index in [1.54, 1.807) is 0 Å². The molecule has 0 rings (SSSR count). The van der Waals surface area contributed by atoms with Crippen LogP contribution in [0.15, 0.2) is 36.0 Å². The summed E-state index contributed by atoms with van der Waals surface area (Å²) in [5.41, 5.74) is 2.83. The zero-order chi connectivity index (χ0) is 13.6. The molecule has 1 heteroatoms. The molecule has 0 unspecified atom stereocenters. The minimum atomic E-state index is 0.766. The van der Waals surface area contributed by atoms with Crippen LogP contribution in [0.4, 0.5) is 0 Å². The van der Waals surface area contributed by atoms with Gasteiger partial charge in [0.05, 0.1) is 6.61 Å². The first-order valence-electron chi connectivity index (χ1n) is 7.14. The third-order valence-electron chi connectivity index (χ3n) is 2.84. The van der Waals surface area contributed by atoms with Gasteiger partial charge in [0.2, 0.25) is 0 Å². The Labute approximate surface area is 114 Å². The number of hydrogen-bond donors (Lipinski definition) is 0. The average Bonchev–Trinajstić information content (AvgIpc) is 2.32. The van der Waals surface area contributed by atoms with E-state index in [0.29, 0.717) is 0 Å². The van der Waals surface area contributed by atoms with Gasteiger partial charge in [-0.3, -0.25) is 0 Å². The summed E-state index contributed by atoms with van der Waals surface area (Å²) in [7, 11) is 0. The predicted molar refractivity (Wildman–Crippen MR) is 81.9 cm³/mol. The van der Waals surface area contributed by atoms with Gasteiger partial charge in [-0.1, -0.05) is 35.8 Å². The highest BCUT2D eigenvalue weighted by molar-refractivity contribution is 5.02. The fourth-order valence-electron chi connectivity index (χ4n) is 1.64. The molecule has 0 spiro atoms. The first-order chi connectivity index (χ1) is 8.66. The van der Waals surface area contributed by atoms with Crippen LogP contribution in [0.5, 0.6) is 0 Å². The molecule has 18 heavy (non-hydrogen) atoms. The van der Waals surface area contributed by atoms with Gasteiger partial charge in [0.25, 0.3) is 0 Å². The predicted octanol–water partition coefficient (Wildman–Crippen LogP) is 5.44. The number of ether oxygens (including phenoxy) is 1. The third kappa shape index (κ3) is 13.2. The Morgan fingerprint density at radius 3 is 2.44 bits per heavy atom. The van der Waals surface area contributed by atoms with E-state index in [4.69, 9.17) is 4.74 Å². The van der Waals surface area contributed by atoms with E-state index >= 15 is 0 Å². The van der Waals surface area contributed by atoms with Gasteiger partial charge < -0.3 is 4.74 Å². The van der Waals surface area contributed by atoms with Gasteiger partial charge in [0.1, 0.15) is 0 Å². The van der Waals surface area contributed by atoms with Crippen molar-refractivity contribution in [3.63, 3.8) is 0 Å². The molecule has 0 amide bonds. The van der Waals surface area contributed by atoms with Gasteiger partial charge in [0, 0.05) is 6.61 Å². The zero-order valence-electron chi connectivity index (χ0n) is 12.5. The maximum atomic E-state index is 5.59. The number of allylic oxidation sites excluding steroid dienone is 4. The fourth-order valence-corrected chi connectivity index (χ4v) is 1.64. The van der Waals surface area contributed by atoms with Gasteiger partial charge in [0.15, 0.2) is 0 Å². The molecule has 0 aromatic heterocycles. The maximum Gasteiger partial charge on any atom is 0.0649 e. The van der Waals surface area contributed by atoms with Crippen LogP contribution in [0.1, 0.15) is 59.3 Å². The SMILES string of the molecule is C=CCCCCCOC/C=C(/C)CCC=C(C)C. The molecule has 0 saturated heterocycles. The normalized spacial score (nSPS) is 11.4. The molecule has 0 aromatic carbocycles. The molecule has 0 saturated carbocycles. The molecule has 0 radical (unpaired) electrons. The van der Waals surface area contributed by atoms with Crippen molar-refractivity contribution >= 4 is 0 Å². The summed E-state index contributed by atoms with van der Waals surface area (Å²) in [6.07, 6.45) is 13.6. The highest BCUT2D eigenvalue weighted by Crippen LogP contribution is 2.06. The lowest BCUT2D eigenvalue weighted by atomic mass is 10.1. The summed E-state index contributed by atoms with van der Waals surface area (Å²) in [5, 5.41) is 0. The van der Waals surface area contributed by atoms with Crippen molar-refractivity contribution in [3.05, 3.63) is 36.0 Å². The van der Waals surface area contributed by atoms with Crippen LogP contribution in [-0.2, 0) is 4.74 Å². The summed E-state index contributed by atoms with van der Waals surface area (Å²) in [5.74, 6) is 0. The summed E-state index contributed by atoms with van der Waals surface area (Å²) in [4.78, 5) is 0. The minimum absolute atomic E-state index is 0.766. The highest BCUT2D eigenvalue weighted by Gasteiger charge is 1.91. The van der Waals surface area contributed by atoms with Crippen molar-refractivity contribution in [2.24, 2.45) is 0 Å². The molecule has 0 aliphatic rings. The van der Waals surface area contributed by atoms with E-state index in [-0.39, 0.29) is 0 Å². The van der Waals surface area contributed by atoms with E-state index in [0.717, 1.165) is 32.5 Å². The van der Waals surface area contributed by atoms with Crippen molar-refractivity contribution < 1.29 is 4.74 Å². The van der Waals surface area contributed by atoms with Crippen molar-refractivity contribution in [3.8, 4) is 0 Å². The molecule has 0 heterocycles. The topological polar surface area (TPSA) is 9.23 Å². The summed E-state index contributed by atoms with van der Waals surface area (Å²) < 4.78 is 5.59. The Morgan fingerprint density at radius 2 is 1.78 bits per heavy atom. The van der Waals surface area contributed by atoms with Crippen LogP contribution in [0, 0.1) is 0 Å². The summed E-state index contributed by atoms with van der Waals surface area (Å²) >= 11 is 0. The summed E-state index contributed by atoms with van der Waals surface area (Å²) in [6.45, 7) is 11.9. The van der Waals surface area contributed by atoms with Crippen molar-refractivity contribution in [2.45, 2.75) is 59.3 Å². The molecule has 0 bridgehead atoms. The highest BCUT2D eigenvalue weighted by atomic mass is 16.5. The summed E-state index contributed by atoms with van der Waals surface area (Å²) in [6, 6.07) is 0. The molecule has 104 valence electrons. The van der Waals surface area contributed by atoms with E-state index in [1.165, 1.54) is 30.4 Å². The smallest absolute Gasteiger partial charge is 0.0649 e. The third-order valence-corrected chi connectivity index (χ3v) is 2.84. The second-order valence-corrected chi connectivity index (χ2v) is 5.08. The number of rotatable bonds is 11. The standard InChI is InChI=1S/C17H30O/c1-5-6-7-8-9-14-18-15-13-17(4)12-10-11-16(2)3/h5,11,13H,1,6-10,12,14-15H2,2-4H3/b17-13-. The second-order valence-electron chi connectivity index (χ2n) is 5.08. The average molecular weight is 250 g/mol. The zero-order valence-corrected chi connectivity index (χ0v) is 12.5. The van der Waals surface area contributed by atoms with E-state index in [9.17, 15) is 0 Å². The lowest BCUT2D eigenvalue weighted by Gasteiger charge is -2.02. The number of unbranched alkanes of at least 4 members (excludes halogenated alkanes) is 3. The Balaban J connectivity index is 3.39. The monoisotopic (exact) mass is 250 g/mol. The molecule has 0 fully saturated rings. The van der Waals surface area contributed by atoms with Crippen molar-refractivity contribution in [1.82, 2.24) is 0 Å². The van der Waals surface area contributed by atoms with Gasteiger partial charge in [-0.25, -0.2) is 0 Å². The Bertz CT molecular complexity index is 257. The Hall–Kier alpha value is -0.820. The Morgan fingerprint density at radius 1 is 1.00 bits per heavy atom. The molecule has 0 aliphatic heterocycles. The van der Waals surface area contributed by atoms with Gasteiger partial charge >= 0.3 is 0 Å². The lowest BCUT2D eigenvalue weighted by molar-refractivity contribution is 0.157. The van der Waals surface area contributed by atoms with Crippen LogP contribution in [0.2, 0.25) is 0 Å². The molecule has 1 nitrogen and oxygen atoms in total. The van der Waals surface area contributed by atoms with Gasteiger partial charge in [-0.05, 0) is 52.9 Å². The van der Waals surface area contributed by atoms with E-state index < -0.39 is 0 Å². The van der Waals surface area contributed by atoms with Crippen LogP contribution >= 0.6 is 0 Å². The second kappa shape index (κ2) is 12.6. The van der Waals surface area contributed by atoms with Crippen LogP contribution in [-0.4, -0.2) is 13.2 Å². The van der Waals surface area contributed by atoms with Crippen LogP contribution in [0.25, 0.3) is 0 Å². The molecule has 0 N–H and O–H groups in total. The number of hydrogen-bond acceptors (Lipinski definition) is 1. The Kier molecular flexibility index (Phi) is 12.1. The molecule has 0 aromatic rings. The van der Waals surface area contributed by atoms with Crippen molar-refractivity contribution in [2.75, 3.05) is 13.2 Å². The van der Waals surface area contributed by atoms with Crippen LogP contribution < -0.4 is 0 Å². The quantitative estimate of drug-likeness (QED) is 0.350. The van der Waals surface area contributed by atoms with Crippen molar-refractivity contribution in [1.29, 1.82) is 0 Å². The molecule has 0 aliphatic carbocycles. The minimum Gasteiger partial charge on any atom is -0.377 e. The molecular weight excluding hydrogens is 220 g/mol. The fraction of sp³-hybridized carbons (Fsp3) is 0.647. The largest absolute Gasteiger partial charge is 0.377 e. The first-order valence-corrected chi connectivity index (χ1v) is 7.14. The first kappa shape index (κ1) is 17.2. The van der Waals surface area contributed by atoms with E-state index in [2.05, 4.69) is 39.5 Å². The molecule has 0 atom stereocenters. The lowest BCUT2D eigenvalue weighted by Crippen LogP contribution is -1.95. The maximum absolute atomic E-state index is 5.59.